The molecule has 2 aromatic heterocycles. The molecule has 1 atom stereocenters. The number of thiophene rings is 1. The summed E-state index contributed by atoms with van der Waals surface area (Å²) >= 11 is 3.38. The van der Waals surface area contributed by atoms with Gasteiger partial charge in [-0.3, -0.25) is 14.5 Å². The molecule has 6 nitrogen and oxygen atoms in total. The minimum Gasteiger partial charge on any atom is -0.348 e. The summed E-state index contributed by atoms with van der Waals surface area (Å²) in [5.41, 5.74) is 1.68. The van der Waals surface area contributed by atoms with Gasteiger partial charge in [-0.2, -0.15) is 11.8 Å². The number of thioether (sulfide) groups is 1. The second-order valence-electron chi connectivity index (χ2n) is 7.40. The first-order chi connectivity index (χ1) is 13.4. The van der Waals surface area contributed by atoms with E-state index in [1.807, 2.05) is 26.0 Å². The molecule has 2 fully saturated rings. The van der Waals surface area contributed by atoms with E-state index in [-0.39, 0.29) is 18.2 Å². The van der Waals surface area contributed by atoms with Crippen LogP contribution in [0.2, 0.25) is 0 Å². The van der Waals surface area contributed by atoms with Gasteiger partial charge in [0.1, 0.15) is 5.54 Å². The molecule has 3 amide bonds. The van der Waals surface area contributed by atoms with Crippen LogP contribution in [0.5, 0.6) is 0 Å². The quantitative estimate of drug-likeness (QED) is 0.579. The highest BCUT2D eigenvalue weighted by Gasteiger charge is 2.53. The van der Waals surface area contributed by atoms with E-state index in [1.54, 1.807) is 23.1 Å². The third-order valence-electron chi connectivity index (χ3n) is 5.61. The third kappa shape index (κ3) is 3.28. The monoisotopic (exact) mass is 417 g/mol. The van der Waals surface area contributed by atoms with Gasteiger partial charge in [-0.1, -0.05) is 6.07 Å². The highest BCUT2D eigenvalue weighted by molar-refractivity contribution is 7.99. The van der Waals surface area contributed by atoms with Crippen LogP contribution >= 0.6 is 23.1 Å². The number of aromatic nitrogens is 1. The number of nitrogens with one attached hydrogen (secondary N) is 1. The van der Waals surface area contributed by atoms with Gasteiger partial charge >= 0.3 is 6.03 Å². The number of hydrogen-bond acceptors (Lipinski definition) is 5. The van der Waals surface area contributed by atoms with Crippen molar-refractivity contribution >= 4 is 40.8 Å². The van der Waals surface area contributed by atoms with Crippen molar-refractivity contribution < 1.29 is 14.4 Å². The van der Waals surface area contributed by atoms with Gasteiger partial charge < -0.3 is 9.88 Å². The topological polar surface area (TPSA) is 71.4 Å². The minimum absolute atomic E-state index is 0.193. The molecule has 28 heavy (non-hydrogen) atoms. The van der Waals surface area contributed by atoms with Gasteiger partial charge in [0.25, 0.3) is 5.91 Å². The molecule has 0 saturated carbocycles. The smallest absolute Gasteiger partial charge is 0.325 e. The SMILES string of the molecule is Cc1cc(C(=O)CN2C(=O)NC3(CCSC3)C2=O)c(C)n1CCc1cccs1. The van der Waals surface area contributed by atoms with Gasteiger partial charge in [0.2, 0.25) is 0 Å². The molecule has 0 aromatic carbocycles. The van der Waals surface area contributed by atoms with Crippen LogP contribution in [0.15, 0.2) is 23.6 Å². The van der Waals surface area contributed by atoms with Crippen molar-refractivity contribution in [2.75, 3.05) is 18.1 Å². The average Bonchev–Trinajstić information content (AvgIpc) is 3.42. The molecule has 1 unspecified atom stereocenters. The Hall–Kier alpha value is -2.06. The van der Waals surface area contributed by atoms with Crippen LogP contribution in [-0.2, 0) is 17.8 Å². The number of nitrogens with zero attached hydrogens (tertiary/aromatic N) is 2. The van der Waals surface area contributed by atoms with Crippen LogP contribution < -0.4 is 5.32 Å². The van der Waals surface area contributed by atoms with Gasteiger partial charge in [0.05, 0.1) is 6.54 Å². The Balaban J connectivity index is 1.48. The maximum atomic E-state index is 12.9. The number of urea groups is 1. The van der Waals surface area contributed by atoms with Crippen LogP contribution in [0.4, 0.5) is 4.79 Å². The summed E-state index contributed by atoms with van der Waals surface area (Å²) in [6.07, 6.45) is 1.54. The summed E-state index contributed by atoms with van der Waals surface area (Å²) in [4.78, 5) is 40.4. The van der Waals surface area contributed by atoms with Crippen molar-refractivity contribution in [1.29, 1.82) is 0 Å². The zero-order valence-corrected chi connectivity index (χ0v) is 17.6. The molecule has 0 bridgehead atoms. The van der Waals surface area contributed by atoms with Gasteiger partial charge in [-0.05, 0) is 50.0 Å². The van der Waals surface area contributed by atoms with Gasteiger partial charge in [-0.25, -0.2) is 4.79 Å². The standard InChI is InChI=1S/C20H23N3O3S2/c1-13-10-16(14(2)22(13)7-5-15-4-3-8-28-15)17(24)11-23-18(25)20(21-19(23)26)6-9-27-12-20/h3-4,8,10H,5-7,9,11-12H2,1-2H3,(H,21,26). The summed E-state index contributed by atoms with van der Waals surface area (Å²) in [5, 5.41) is 4.88. The van der Waals surface area contributed by atoms with Crippen LogP contribution in [0.3, 0.4) is 0 Å². The largest absolute Gasteiger partial charge is 0.348 e. The number of rotatable bonds is 6. The lowest BCUT2D eigenvalue weighted by atomic mass is 9.99. The Kier molecular flexibility index (Phi) is 5.09. The van der Waals surface area contributed by atoms with E-state index < -0.39 is 11.6 Å². The zero-order chi connectivity index (χ0) is 19.9. The van der Waals surface area contributed by atoms with E-state index >= 15 is 0 Å². The molecule has 148 valence electrons. The number of ketones is 1. The van der Waals surface area contributed by atoms with Crippen molar-refractivity contribution in [1.82, 2.24) is 14.8 Å². The lowest BCUT2D eigenvalue weighted by Gasteiger charge is -2.19. The number of hydrogen-bond donors (Lipinski definition) is 1. The van der Waals surface area contributed by atoms with Crippen molar-refractivity contribution in [3.8, 4) is 0 Å². The van der Waals surface area contributed by atoms with E-state index in [9.17, 15) is 14.4 Å². The Morgan fingerprint density at radius 2 is 2.14 bits per heavy atom. The third-order valence-corrected chi connectivity index (χ3v) is 7.73. The lowest BCUT2D eigenvalue weighted by molar-refractivity contribution is -0.130. The molecule has 2 aromatic rings. The summed E-state index contributed by atoms with van der Waals surface area (Å²) in [6.45, 7) is 4.51. The second-order valence-corrected chi connectivity index (χ2v) is 9.53. The first-order valence-electron chi connectivity index (χ1n) is 9.35. The van der Waals surface area contributed by atoms with Crippen molar-refractivity contribution in [2.45, 2.75) is 38.8 Å². The molecular weight excluding hydrogens is 394 g/mol. The normalized spacial score (nSPS) is 21.7. The Labute approximate surface area is 172 Å². The van der Waals surface area contributed by atoms with E-state index in [0.29, 0.717) is 17.7 Å². The molecule has 4 rings (SSSR count). The highest BCUT2D eigenvalue weighted by Crippen LogP contribution is 2.33. The fraction of sp³-hybridized carbons (Fsp3) is 0.450. The maximum Gasteiger partial charge on any atom is 0.325 e. The number of aryl methyl sites for hydroxylation is 2. The van der Waals surface area contributed by atoms with Gasteiger partial charge in [0, 0.05) is 34.1 Å². The van der Waals surface area contributed by atoms with Crippen LogP contribution in [0, 0.1) is 13.8 Å². The molecular formula is C20H23N3O3S2. The predicted molar refractivity (Wildman–Crippen MR) is 111 cm³/mol. The summed E-state index contributed by atoms with van der Waals surface area (Å²) < 4.78 is 2.13. The van der Waals surface area contributed by atoms with Crippen molar-refractivity contribution in [3.63, 3.8) is 0 Å². The lowest BCUT2D eigenvalue weighted by Crippen LogP contribution is -2.47. The minimum atomic E-state index is -0.806. The molecule has 2 saturated heterocycles. The highest BCUT2D eigenvalue weighted by atomic mass is 32.2. The predicted octanol–water partition coefficient (Wildman–Crippen LogP) is 3.02. The van der Waals surface area contributed by atoms with Crippen molar-refractivity contribution in [3.05, 3.63) is 45.4 Å². The van der Waals surface area contributed by atoms with Crippen LogP contribution in [0.25, 0.3) is 0 Å². The number of carbonyl (C=O) groups excluding carboxylic acids is 3. The zero-order valence-electron chi connectivity index (χ0n) is 16.0. The first kappa shape index (κ1) is 19.3. The second kappa shape index (κ2) is 7.40. The molecule has 1 N–H and O–H groups in total. The Morgan fingerprint density at radius 1 is 1.32 bits per heavy atom. The van der Waals surface area contributed by atoms with Gasteiger partial charge in [0.15, 0.2) is 5.78 Å². The van der Waals surface area contributed by atoms with Crippen molar-refractivity contribution in [2.24, 2.45) is 0 Å². The van der Waals surface area contributed by atoms with Gasteiger partial charge in [-0.15, -0.1) is 11.3 Å². The number of Topliss-reactive ketones (excluding diaryl/α,β-unsaturated/α-hetero) is 1. The van der Waals surface area contributed by atoms with E-state index in [4.69, 9.17) is 0 Å². The van der Waals surface area contributed by atoms with E-state index in [2.05, 4.69) is 21.3 Å². The molecule has 2 aliphatic rings. The van der Waals surface area contributed by atoms with E-state index in [1.165, 1.54) is 4.88 Å². The molecule has 4 heterocycles. The summed E-state index contributed by atoms with van der Waals surface area (Å²) in [7, 11) is 0. The average molecular weight is 418 g/mol. The fourth-order valence-electron chi connectivity index (χ4n) is 3.99. The van der Waals surface area contributed by atoms with Crippen LogP contribution in [0.1, 0.15) is 33.0 Å². The molecule has 0 radical (unpaired) electrons. The Morgan fingerprint density at radius 3 is 2.82 bits per heavy atom. The number of imide groups is 1. The molecule has 2 aliphatic heterocycles. The fourth-order valence-corrected chi connectivity index (χ4v) is 6.01. The summed E-state index contributed by atoms with van der Waals surface area (Å²) in [5.74, 6) is 0.975. The van der Waals surface area contributed by atoms with E-state index in [0.717, 1.165) is 35.0 Å². The molecule has 1 spiro atoms. The molecule has 8 heteroatoms. The maximum absolute atomic E-state index is 12.9. The Bertz CT molecular complexity index is 927. The summed E-state index contributed by atoms with van der Waals surface area (Å²) in [6, 6.07) is 5.57. The number of amides is 3. The first-order valence-corrected chi connectivity index (χ1v) is 11.4. The van der Waals surface area contributed by atoms with Crippen LogP contribution in [-0.4, -0.2) is 50.8 Å². The number of carbonyl (C=O) groups is 3. The molecule has 0 aliphatic carbocycles.